The summed E-state index contributed by atoms with van der Waals surface area (Å²) in [6.45, 7) is 30.8. The van der Waals surface area contributed by atoms with E-state index in [1.807, 2.05) is 7.11 Å². The van der Waals surface area contributed by atoms with Crippen LogP contribution in [0.2, 0.25) is 13.1 Å². The number of rotatable bonds is 5. The van der Waals surface area contributed by atoms with Gasteiger partial charge in [-0.15, -0.1) is 0 Å². The molecule has 4 aromatic carbocycles. The van der Waals surface area contributed by atoms with Gasteiger partial charge in [-0.25, -0.2) is 0 Å². The monoisotopic (exact) mass is 666 g/mol. The molecule has 6 rings (SSSR count). The molecule has 1 nitrogen and oxygen atoms in total. The fraction of sp³-hybridized carbons (Fsp3) is 0.404. The molecule has 0 N–H and O–H groups in total. The van der Waals surface area contributed by atoms with E-state index in [1.165, 1.54) is 72.3 Å². The maximum Gasteiger partial charge on any atom is 0.131 e. The molecule has 0 aromatic heterocycles. The average Bonchev–Trinajstić information content (AvgIpc) is 3.54. The van der Waals surface area contributed by atoms with Crippen molar-refractivity contribution < 1.29 is 4.74 Å². The number of methoxy groups -OCH3 is 1. The van der Waals surface area contributed by atoms with Gasteiger partial charge in [0.2, 0.25) is 0 Å². The second-order valence-corrected chi connectivity index (χ2v) is 23.3. The Kier molecular flexibility index (Phi) is 8.63. The number of hydrogen-bond donors (Lipinski definition) is 0. The highest BCUT2D eigenvalue weighted by atomic mass is 28.3. The Morgan fingerprint density at radius 3 is 1.55 bits per heavy atom. The van der Waals surface area contributed by atoms with Crippen LogP contribution in [0.15, 0.2) is 83.9 Å². The van der Waals surface area contributed by atoms with Crippen molar-refractivity contribution in [1.82, 2.24) is 0 Å². The highest BCUT2D eigenvalue weighted by Gasteiger charge is 2.48. The first kappa shape index (κ1) is 35.2. The predicted molar refractivity (Wildman–Crippen MR) is 217 cm³/mol. The molecule has 0 fully saturated rings. The first-order valence-corrected chi connectivity index (χ1v) is 21.4. The minimum atomic E-state index is -2.07. The Bertz CT molecular complexity index is 1960. The topological polar surface area (TPSA) is 9.23 Å². The van der Waals surface area contributed by atoms with E-state index in [1.54, 1.807) is 0 Å². The van der Waals surface area contributed by atoms with Crippen LogP contribution in [0.4, 0.5) is 0 Å². The van der Waals surface area contributed by atoms with Gasteiger partial charge in [-0.2, -0.15) is 0 Å². The molecule has 2 aliphatic rings. The van der Waals surface area contributed by atoms with Gasteiger partial charge in [0.15, 0.2) is 0 Å². The highest BCUT2D eigenvalue weighted by Crippen LogP contribution is 2.56. The molecule has 0 spiro atoms. The van der Waals surface area contributed by atoms with Gasteiger partial charge in [0.1, 0.15) is 5.75 Å². The number of allylic oxidation sites excluding steroid dienone is 2. The number of hydrogen-bond acceptors (Lipinski definition) is 1. The number of fused-ring (bicyclic) bond motifs is 2. The van der Waals surface area contributed by atoms with Crippen LogP contribution < -0.4 is 4.74 Å². The van der Waals surface area contributed by atoms with Crippen molar-refractivity contribution in [3.8, 4) is 28.0 Å². The van der Waals surface area contributed by atoms with Crippen LogP contribution in [0.1, 0.15) is 126 Å². The average molecular weight is 667 g/mol. The molecule has 2 atom stereocenters. The van der Waals surface area contributed by atoms with Gasteiger partial charge in [0.25, 0.3) is 0 Å². The van der Waals surface area contributed by atoms with Crippen LogP contribution in [0.25, 0.3) is 34.4 Å². The predicted octanol–water partition coefficient (Wildman–Crippen LogP) is 13.4. The summed E-state index contributed by atoms with van der Waals surface area (Å²) >= 11 is 0. The smallest absolute Gasteiger partial charge is 0.131 e. The zero-order valence-corrected chi connectivity index (χ0v) is 33.6. The lowest BCUT2D eigenvalue weighted by molar-refractivity contribution is 0.399. The van der Waals surface area contributed by atoms with Crippen molar-refractivity contribution in [1.29, 1.82) is 0 Å². The normalized spacial score (nSPS) is 17.8. The summed E-state index contributed by atoms with van der Waals surface area (Å²) in [6.07, 6.45) is 5.01. The van der Waals surface area contributed by atoms with Crippen molar-refractivity contribution in [2.75, 3.05) is 7.11 Å². The molecular weight excluding hydrogens is 609 g/mol. The van der Waals surface area contributed by atoms with Crippen LogP contribution in [-0.2, 0) is 16.2 Å². The number of ether oxygens (including phenoxy) is 1. The molecule has 2 aliphatic carbocycles. The summed E-state index contributed by atoms with van der Waals surface area (Å²) < 4.78 is 6.35. The van der Waals surface area contributed by atoms with Gasteiger partial charge in [0.05, 0.1) is 15.2 Å². The molecule has 0 amide bonds. The van der Waals surface area contributed by atoms with Crippen LogP contribution in [-0.4, -0.2) is 15.2 Å². The molecule has 49 heavy (non-hydrogen) atoms. The van der Waals surface area contributed by atoms with Crippen LogP contribution in [0.5, 0.6) is 5.75 Å². The summed E-state index contributed by atoms with van der Waals surface area (Å²) in [5.74, 6) is 1.02. The Morgan fingerprint density at radius 2 is 1.06 bits per heavy atom. The van der Waals surface area contributed by atoms with Crippen LogP contribution in [0.3, 0.4) is 0 Å². The quantitative estimate of drug-likeness (QED) is 0.193. The second-order valence-electron chi connectivity index (χ2n) is 18.5. The molecule has 0 heterocycles. The third kappa shape index (κ3) is 6.09. The van der Waals surface area contributed by atoms with E-state index >= 15 is 0 Å². The Balaban J connectivity index is 1.49. The van der Waals surface area contributed by atoms with E-state index in [9.17, 15) is 0 Å². The van der Waals surface area contributed by atoms with Crippen molar-refractivity contribution >= 4 is 20.2 Å². The van der Waals surface area contributed by atoms with E-state index in [0.29, 0.717) is 11.1 Å². The summed E-state index contributed by atoms with van der Waals surface area (Å²) in [5.41, 5.74) is 18.9. The maximum absolute atomic E-state index is 6.35. The lowest BCUT2D eigenvalue weighted by Crippen LogP contribution is -2.42. The van der Waals surface area contributed by atoms with Gasteiger partial charge in [-0.05, 0) is 80.2 Å². The molecule has 2 heteroatoms. The summed E-state index contributed by atoms with van der Waals surface area (Å²) in [7, 11) is -0.217. The lowest BCUT2D eigenvalue weighted by Gasteiger charge is -2.39. The van der Waals surface area contributed by atoms with Gasteiger partial charge >= 0.3 is 0 Å². The fourth-order valence-electron chi connectivity index (χ4n) is 8.94. The Morgan fingerprint density at radius 1 is 0.571 bits per heavy atom. The first-order valence-electron chi connectivity index (χ1n) is 18.2. The second kappa shape index (κ2) is 12.0. The van der Waals surface area contributed by atoms with E-state index in [2.05, 4.69) is 174 Å². The number of benzene rings is 4. The molecule has 0 bridgehead atoms. The molecule has 0 saturated carbocycles. The van der Waals surface area contributed by atoms with Crippen molar-refractivity contribution in [3.63, 3.8) is 0 Å². The third-order valence-corrected chi connectivity index (χ3v) is 15.9. The van der Waals surface area contributed by atoms with Crippen LogP contribution in [0, 0.1) is 0 Å². The summed E-state index contributed by atoms with van der Waals surface area (Å²) in [5, 5.41) is 0. The Hall–Kier alpha value is -3.62. The lowest BCUT2D eigenvalue weighted by atomic mass is 9.80. The van der Waals surface area contributed by atoms with E-state index in [4.69, 9.17) is 4.74 Å². The molecule has 0 radical (unpaired) electrons. The van der Waals surface area contributed by atoms with Gasteiger partial charge in [-0.3, -0.25) is 0 Å². The standard InChI is InChI=1S/C47H58OSi/c1-29-26-37-35(31-18-22-33(23-19-31)45(3,4)5)16-15-17-36(37)43(29)49(13,14)44-30(2)27-38-39(44)28-40(47(9,10)11)42(48-12)41(38)32-20-24-34(25-21-32)46(6,7)8/h15-28,43-44H,1-14H3. The first-order chi connectivity index (χ1) is 22.7. The minimum absolute atomic E-state index is 0.0690. The molecule has 0 saturated heterocycles. The zero-order valence-electron chi connectivity index (χ0n) is 32.6. The largest absolute Gasteiger partial charge is 0.496 e. The Labute approximate surface area is 298 Å². The maximum atomic E-state index is 6.35. The van der Waals surface area contributed by atoms with Gasteiger partial charge in [0, 0.05) is 22.2 Å². The minimum Gasteiger partial charge on any atom is -0.496 e. The molecule has 2 unspecified atom stereocenters. The molecule has 0 aliphatic heterocycles. The van der Waals surface area contributed by atoms with E-state index < -0.39 is 8.07 Å². The van der Waals surface area contributed by atoms with Gasteiger partial charge < -0.3 is 4.74 Å². The summed E-state index contributed by atoms with van der Waals surface area (Å²) in [6, 6.07) is 28.1. The molecular formula is C47H58OSi. The van der Waals surface area contributed by atoms with E-state index in [0.717, 1.165) is 5.75 Å². The van der Waals surface area contributed by atoms with Crippen molar-refractivity contribution in [3.05, 3.63) is 123 Å². The van der Waals surface area contributed by atoms with Crippen molar-refractivity contribution in [2.24, 2.45) is 0 Å². The van der Waals surface area contributed by atoms with Crippen LogP contribution >= 0.6 is 0 Å². The zero-order chi connectivity index (χ0) is 35.8. The van der Waals surface area contributed by atoms with E-state index in [-0.39, 0.29) is 16.2 Å². The van der Waals surface area contributed by atoms with Crippen molar-refractivity contribution in [2.45, 2.75) is 117 Å². The third-order valence-electron chi connectivity index (χ3n) is 11.4. The SMILES string of the molecule is COc1c(C(C)(C)C)cc2c(c1-c1ccc(C(C)(C)C)cc1)C=C(C)C2[Si](C)(C)C1C(C)=Cc2c(-c3ccc(C(C)(C)C)cc3)cccc21. The highest BCUT2D eigenvalue weighted by molar-refractivity contribution is 6.81. The molecule has 4 aromatic rings. The van der Waals surface area contributed by atoms with Gasteiger partial charge in [-0.1, -0.05) is 172 Å². The fourth-order valence-corrected chi connectivity index (χ4v) is 13.9. The molecule has 256 valence electrons. The summed E-state index contributed by atoms with van der Waals surface area (Å²) in [4.78, 5) is 0.